The maximum absolute atomic E-state index is 12.3. The molecule has 30 heavy (non-hydrogen) atoms. The molecule has 0 aliphatic carbocycles. The highest BCUT2D eigenvalue weighted by Crippen LogP contribution is 2.38. The predicted molar refractivity (Wildman–Crippen MR) is 113 cm³/mol. The maximum atomic E-state index is 12.3. The summed E-state index contributed by atoms with van der Waals surface area (Å²) in [7, 11) is 1.66. The molecule has 8 heteroatoms. The molecule has 2 aliphatic heterocycles. The molecule has 3 amide bonds. The minimum absolute atomic E-state index is 0.00661. The average Bonchev–Trinajstić information content (AvgIpc) is 2.78. The number of likely N-dealkylation sites (tertiary alicyclic amines) is 1. The molecule has 1 atom stereocenters. The first-order valence-electron chi connectivity index (χ1n) is 11.0. The van der Waals surface area contributed by atoms with Gasteiger partial charge in [0.25, 0.3) is 5.91 Å². The first kappa shape index (κ1) is 22.5. The highest BCUT2D eigenvalue weighted by atomic mass is 16.5. The van der Waals surface area contributed by atoms with Crippen molar-refractivity contribution in [1.29, 1.82) is 0 Å². The number of amides is 3. The minimum Gasteiger partial charge on any atom is -0.385 e. The van der Waals surface area contributed by atoms with Gasteiger partial charge in [0.05, 0.1) is 5.60 Å². The molecule has 0 radical (unpaired) electrons. The van der Waals surface area contributed by atoms with Gasteiger partial charge in [-0.05, 0) is 56.6 Å². The smallest absolute Gasteiger partial charge is 0.317 e. The van der Waals surface area contributed by atoms with Crippen LogP contribution in [-0.2, 0) is 9.47 Å². The van der Waals surface area contributed by atoms with E-state index in [9.17, 15) is 9.59 Å². The van der Waals surface area contributed by atoms with Crippen LogP contribution in [-0.4, -0.2) is 73.9 Å². The first-order chi connectivity index (χ1) is 14.6. The zero-order valence-corrected chi connectivity index (χ0v) is 17.9. The number of ether oxygens (including phenoxy) is 2. The van der Waals surface area contributed by atoms with E-state index in [2.05, 4.69) is 15.6 Å². The van der Waals surface area contributed by atoms with Gasteiger partial charge in [-0.25, -0.2) is 4.79 Å². The molecule has 0 aromatic carbocycles. The third kappa shape index (κ3) is 6.40. The molecule has 1 aromatic heterocycles. The summed E-state index contributed by atoms with van der Waals surface area (Å²) in [5.41, 5.74) is 0.520. The Hall–Kier alpha value is -2.19. The van der Waals surface area contributed by atoms with Crippen LogP contribution in [0.5, 0.6) is 0 Å². The van der Waals surface area contributed by atoms with E-state index in [-0.39, 0.29) is 17.5 Å². The summed E-state index contributed by atoms with van der Waals surface area (Å²) in [6.45, 7) is 4.16. The Morgan fingerprint density at radius 3 is 2.73 bits per heavy atom. The number of nitrogens with zero attached hydrogens (tertiary/aromatic N) is 2. The normalized spacial score (nSPS) is 20.7. The van der Waals surface area contributed by atoms with Crippen molar-refractivity contribution in [2.24, 2.45) is 5.92 Å². The third-order valence-electron chi connectivity index (χ3n) is 6.14. The molecule has 3 heterocycles. The van der Waals surface area contributed by atoms with Crippen molar-refractivity contribution in [3.63, 3.8) is 0 Å². The van der Waals surface area contributed by atoms with Crippen molar-refractivity contribution < 1.29 is 19.1 Å². The number of carbonyl (C=O) groups is 2. The average molecular weight is 419 g/mol. The summed E-state index contributed by atoms with van der Waals surface area (Å²) in [4.78, 5) is 30.3. The number of carbonyl (C=O) groups excluding carboxylic acids is 2. The lowest BCUT2D eigenvalue weighted by Crippen LogP contribution is -2.53. The van der Waals surface area contributed by atoms with Gasteiger partial charge in [0, 0.05) is 64.5 Å². The Morgan fingerprint density at radius 2 is 2.00 bits per heavy atom. The van der Waals surface area contributed by atoms with Gasteiger partial charge >= 0.3 is 6.03 Å². The van der Waals surface area contributed by atoms with Crippen LogP contribution in [0, 0.1) is 5.92 Å². The van der Waals surface area contributed by atoms with Crippen LogP contribution in [0.2, 0.25) is 0 Å². The van der Waals surface area contributed by atoms with E-state index in [1.807, 2.05) is 4.90 Å². The predicted octanol–water partition coefficient (Wildman–Crippen LogP) is 2.21. The Morgan fingerprint density at radius 1 is 1.23 bits per heavy atom. The lowest BCUT2D eigenvalue weighted by molar-refractivity contribution is -0.123. The molecule has 8 nitrogen and oxygen atoms in total. The number of piperidine rings is 1. The first-order valence-corrected chi connectivity index (χ1v) is 11.0. The fourth-order valence-corrected chi connectivity index (χ4v) is 4.36. The Kier molecular flexibility index (Phi) is 8.45. The van der Waals surface area contributed by atoms with Gasteiger partial charge in [0.2, 0.25) is 0 Å². The second-order valence-electron chi connectivity index (χ2n) is 8.24. The van der Waals surface area contributed by atoms with Crippen molar-refractivity contribution in [1.82, 2.24) is 20.5 Å². The number of pyridine rings is 1. The van der Waals surface area contributed by atoms with Crippen LogP contribution in [0.3, 0.4) is 0 Å². The molecule has 2 fully saturated rings. The van der Waals surface area contributed by atoms with Crippen LogP contribution in [0.15, 0.2) is 24.5 Å². The molecule has 0 bridgehead atoms. The summed E-state index contributed by atoms with van der Waals surface area (Å²) < 4.78 is 11.2. The second-order valence-corrected chi connectivity index (χ2v) is 8.24. The summed E-state index contributed by atoms with van der Waals surface area (Å²) in [5, 5.41) is 5.97. The fourth-order valence-electron chi connectivity index (χ4n) is 4.36. The van der Waals surface area contributed by atoms with E-state index >= 15 is 0 Å². The number of methoxy groups -OCH3 is 1. The minimum atomic E-state index is -0.120. The van der Waals surface area contributed by atoms with Crippen LogP contribution in [0.25, 0.3) is 0 Å². The van der Waals surface area contributed by atoms with Gasteiger partial charge in [-0.2, -0.15) is 0 Å². The Labute approximate surface area is 178 Å². The highest BCUT2D eigenvalue weighted by molar-refractivity contribution is 5.93. The standard InChI is InChI=1S/C22H34N4O4/c1-29-15-2-9-25-21(28)26-13-7-22(8-14-26)17-18(6-16-30-22)3-12-24-20(27)19-4-10-23-11-5-19/h4-5,10-11,18H,2-3,6-9,12-17H2,1H3,(H,24,27)(H,25,28). The van der Waals surface area contributed by atoms with Gasteiger partial charge in [0.1, 0.15) is 0 Å². The number of aromatic nitrogens is 1. The molecule has 2 N–H and O–H groups in total. The van der Waals surface area contributed by atoms with Crippen LogP contribution >= 0.6 is 0 Å². The lowest BCUT2D eigenvalue weighted by atomic mass is 9.78. The van der Waals surface area contributed by atoms with E-state index in [1.54, 1.807) is 31.6 Å². The summed E-state index contributed by atoms with van der Waals surface area (Å²) >= 11 is 0. The second kappa shape index (κ2) is 11.3. The molecule has 1 spiro atoms. The lowest BCUT2D eigenvalue weighted by Gasteiger charge is -2.46. The molecule has 1 aromatic rings. The Balaban J connectivity index is 1.38. The number of nitrogens with one attached hydrogen (secondary N) is 2. The van der Waals surface area contributed by atoms with Gasteiger partial charge < -0.3 is 25.0 Å². The monoisotopic (exact) mass is 418 g/mol. The summed E-state index contributed by atoms with van der Waals surface area (Å²) in [6.07, 6.45) is 8.80. The molecule has 1 unspecified atom stereocenters. The van der Waals surface area contributed by atoms with E-state index in [0.717, 1.165) is 58.2 Å². The van der Waals surface area contributed by atoms with E-state index < -0.39 is 0 Å². The molecular formula is C22H34N4O4. The van der Waals surface area contributed by atoms with Crippen molar-refractivity contribution in [3.05, 3.63) is 30.1 Å². The number of rotatable bonds is 8. The van der Waals surface area contributed by atoms with E-state index in [0.29, 0.717) is 31.2 Å². The largest absolute Gasteiger partial charge is 0.385 e. The van der Waals surface area contributed by atoms with E-state index in [1.165, 1.54) is 0 Å². The van der Waals surface area contributed by atoms with Crippen molar-refractivity contribution in [3.8, 4) is 0 Å². The number of hydrogen-bond donors (Lipinski definition) is 2. The van der Waals surface area contributed by atoms with Crippen LogP contribution in [0.1, 0.15) is 48.9 Å². The van der Waals surface area contributed by atoms with Gasteiger partial charge in [-0.3, -0.25) is 9.78 Å². The SMILES string of the molecule is COCCCNC(=O)N1CCC2(CC1)CC(CCNC(=O)c1ccncc1)CCO2. The topological polar surface area (TPSA) is 92.8 Å². The fraction of sp³-hybridized carbons (Fsp3) is 0.682. The molecule has 3 rings (SSSR count). The third-order valence-corrected chi connectivity index (χ3v) is 6.14. The van der Waals surface area contributed by atoms with Crippen molar-refractivity contribution in [2.75, 3.05) is 46.5 Å². The Bertz CT molecular complexity index is 677. The van der Waals surface area contributed by atoms with Gasteiger partial charge in [-0.1, -0.05) is 0 Å². The summed E-state index contributed by atoms with van der Waals surface area (Å²) in [5.74, 6) is 0.481. The number of hydrogen-bond acceptors (Lipinski definition) is 5. The maximum Gasteiger partial charge on any atom is 0.317 e. The van der Waals surface area contributed by atoms with Gasteiger partial charge in [0.15, 0.2) is 0 Å². The zero-order chi connectivity index (χ0) is 21.2. The van der Waals surface area contributed by atoms with Crippen LogP contribution < -0.4 is 10.6 Å². The zero-order valence-electron chi connectivity index (χ0n) is 17.9. The van der Waals surface area contributed by atoms with Crippen molar-refractivity contribution in [2.45, 2.75) is 44.1 Å². The molecule has 2 aliphatic rings. The van der Waals surface area contributed by atoms with Gasteiger partial charge in [-0.15, -0.1) is 0 Å². The number of urea groups is 1. The summed E-state index contributed by atoms with van der Waals surface area (Å²) in [6, 6.07) is 3.45. The molecular weight excluding hydrogens is 384 g/mol. The molecule has 2 saturated heterocycles. The molecule has 166 valence electrons. The van der Waals surface area contributed by atoms with E-state index in [4.69, 9.17) is 9.47 Å². The molecule has 0 saturated carbocycles. The highest BCUT2D eigenvalue weighted by Gasteiger charge is 2.40. The van der Waals surface area contributed by atoms with Crippen LogP contribution in [0.4, 0.5) is 4.79 Å². The van der Waals surface area contributed by atoms with Crippen molar-refractivity contribution >= 4 is 11.9 Å². The quantitative estimate of drug-likeness (QED) is 0.632.